The van der Waals surface area contributed by atoms with E-state index in [1.807, 2.05) is 32.0 Å². The number of rotatable bonds is 7. The van der Waals surface area contributed by atoms with Crippen molar-refractivity contribution in [1.82, 2.24) is 0 Å². The summed E-state index contributed by atoms with van der Waals surface area (Å²) in [6.45, 7) is 4.07. The van der Waals surface area contributed by atoms with Crippen LogP contribution in [0.3, 0.4) is 0 Å². The largest absolute Gasteiger partial charge is 0.478 e. The van der Waals surface area contributed by atoms with Gasteiger partial charge in [-0.05, 0) is 54.3 Å². The van der Waals surface area contributed by atoms with E-state index in [4.69, 9.17) is 0 Å². The smallest absolute Gasteiger partial charge is 0.336 e. The molecule has 0 aliphatic rings. The molecule has 2 amide bonds. The first kappa shape index (κ1) is 21.8. The van der Waals surface area contributed by atoms with E-state index in [0.717, 1.165) is 29.7 Å². The molecule has 0 spiro atoms. The van der Waals surface area contributed by atoms with Crippen molar-refractivity contribution in [2.75, 3.05) is 10.6 Å². The van der Waals surface area contributed by atoms with Crippen molar-refractivity contribution in [3.63, 3.8) is 0 Å². The zero-order valence-electron chi connectivity index (χ0n) is 17.4. The Kier molecular flexibility index (Phi) is 6.82. The van der Waals surface area contributed by atoms with Gasteiger partial charge in [0.05, 0.1) is 11.1 Å². The fourth-order valence-electron chi connectivity index (χ4n) is 3.39. The van der Waals surface area contributed by atoms with Gasteiger partial charge in [0.25, 0.3) is 11.8 Å². The van der Waals surface area contributed by atoms with E-state index in [1.165, 1.54) is 12.1 Å². The van der Waals surface area contributed by atoms with Crippen LogP contribution in [0, 0.1) is 0 Å². The molecular weight excluding hydrogens is 392 g/mol. The Bertz CT molecular complexity index is 1120. The van der Waals surface area contributed by atoms with E-state index < -0.39 is 11.9 Å². The number of carboxylic acids is 1. The van der Waals surface area contributed by atoms with E-state index in [2.05, 4.69) is 10.6 Å². The third-order valence-electron chi connectivity index (χ3n) is 5.02. The highest BCUT2D eigenvalue weighted by Crippen LogP contribution is 2.24. The highest BCUT2D eigenvalue weighted by atomic mass is 16.4. The molecule has 3 N–H and O–H groups in total. The van der Waals surface area contributed by atoms with Gasteiger partial charge in [0.15, 0.2) is 0 Å². The Morgan fingerprint density at radius 3 is 1.97 bits per heavy atom. The number of nitrogens with one attached hydrogen (secondary N) is 2. The van der Waals surface area contributed by atoms with Crippen molar-refractivity contribution >= 4 is 29.2 Å². The van der Waals surface area contributed by atoms with Crippen LogP contribution >= 0.6 is 0 Å². The average Bonchev–Trinajstić information content (AvgIpc) is 2.79. The van der Waals surface area contributed by atoms with Crippen LogP contribution in [0.15, 0.2) is 66.7 Å². The molecule has 0 atom stereocenters. The van der Waals surface area contributed by atoms with Gasteiger partial charge in [-0.3, -0.25) is 9.59 Å². The predicted molar refractivity (Wildman–Crippen MR) is 121 cm³/mol. The van der Waals surface area contributed by atoms with Crippen molar-refractivity contribution in [2.45, 2.75) is 26.7 Å². The molecule has 0 bridgehead atoms. The first-order chi connectivity index (χ1) is 14.9. The maximum atomic E-state index is 12.9. The van der Waals surface area contributed by atoms with Gasteiger partial charge in [-0.15, -0.1) is 0 Å². The number of carbonyl (C=O) groups is 3. The lowest BCUT2D eigenvalue weighted by molar-refractivity contribution is 0.0692. The van der Waals surface area contributed by atoms with Gasteiger partial charge in [0.2, 0.25) is 0 Å². The Morgan fingerprint density at radius 2 is 1.35 bits per heavy atom. The first-order valence-corrected chi connectivity index (χ1v) is 10.1. The molecule has 6 heteroatoms. The molecule has 0 aromatic heterocycles. The summed E-state index contributed by atoms with van der Waals surface area (Å²) in [6, 6.07) is 18.5. The summed E-state index contributed by atoms with van der Waals surface area (Å²) in [4.78, 5) is 36.9. The molecule has 0 radical (unpaired) electrons. The minimum absolute atomic E-state index is 0.0503. The molecule has 6 nitrogen and oxygen atoms in total. The molecule has 0 fully saturated rings. The molecule has 3 aromatic rings. The van der Waals surface area contributed by atoms with Gasteiger partial charge in [-0.1, -0.05) is 50.2 Å². The molecule has 0 saturated heterocycles. The van der Waals surface area contributed by atoms with Gasteiger partial charge in [0.1, 0.15) is 0 Å². The highest BCUT2D eigenvalue weighted by molar-refractivity contribution is 6.11. The molecule has 0 aliphatic carbocycles. The van der Waals surface area contributed by atoms with Crippen LogP contribution in [-0.4, -0.2) is 22.9 Å². The van der Waals surface area contributed by atoms with Crippen LogP contribution in [0.25, 0.3) is 0 Å². The van der Waals surface area contributed by atoms with Crippen LogP contribution in [-0.2, 0) is 12.8 Å². The minimum Gasteiger partial charge on any atom is -0.478 e. The molecule has 0 heterocycles. The maximum Gasteiger partial charge on any atom is 0.336 e. The summed E-state index contributed by atoms with van der Waals surface area (Å²) >= 11 is 0. The Hall–Kier alpha value is -3.93. The van der Waals surface area contributed by atoms with Crippen molar-refractivity contribution in [2.24, 2.45) is 0 Å². The van der Waals surface area contributed by atoms with Crippen LogP contribution in [0.4, 0.5) is 11.4 Å². The third kappa shape index (κ3) is 4.98. The lowest BCUT2D eigenvalue weighted by atomic mass is 10.0. The molecular formula is C25H24N2O4. The van der Waals surface area contributed by atoms with Crippen LogP contribution < -0.4 is 10.6 Å². The summed E-state index contributed by atoms with van der Waals surface area (Å²) < 4.78 is 0. The highest BCUT2D eigenvalue weighted by Gasteiger charge is 2.17. The molecule has 3 rings (SSSR count). The number of benzene rings is 3. The van der Waals surface area contributed by atoms with Crippen molar-refractivity contribution < 1.29 is 19.5 Å². The Labute approximate surface area is 180 Å². The van der Waals surface area contributed by atoms with Crippen LogP contribution in [0.2, 0.25) is 0 Å². The van der Waals surface area contributed by atoms with Crippen molar-refractivity contribution in [3.8, 4) is 0 Å². The summed E-state index contributed by atoms with van der Waals surface area (Å²) in [6.07, 6.45) is 1.59. The topological polar surface area (TPSA) is 95.5 Å². The molecule has 31 heavy (non-hydrogen) atoms. The standard InChI is InChI=1S/C25H24N2O4/c1-3-16-9-7-10-17(4-2)22(16)27-23(28)18-11-8-12-19(15-18)26-24(29)20-13-5-6-14-21(20)25(30)31/h5-15H,3-4H2,1-2H3,(H,26,29)(H,27,28)(H,30,31). The normalized spacial score (nSPS) is 10.4. The van der Waals surface area contributed by atoms with E-state index in [0.29, 0.717) is 11.3 Å². The Balaban J connectivity index is 1.82. The lowest BCUT2D eigenvalue weighted by Gasteiger charge is -2.15. The third-order valence-corrected chi connectivity index (χ3v) is 5.02. The molecule has 3 aromatic carbocycles. The molecule has 0 unspecified atom stereocenters. The van der Waals surface area contributed by atoms with Gasteiger partial charge in [-0.25, -0.2) is 4.79 Å². The zero-order chi connectivity index (χ0) is 22.4. The van der Waals surface area contributed by atoms with E-state index in [9.17, 15) is 19.5 Å². The first-order valence-electron chi connectivity index (χ1n) is 10.1. The molecule has 0 aliphatic heterocycles. The van der Waals surface area contributed by atoms with E-state index in [-0.39, 0.29) is 17.0 Å². The number of para-hydroxylation sites is 1. The number of anilines is 2. The monoisotopic (exact) mass is 416 g/mol. The second-order valence-electron chi connectivity index (χ2n) is 7.00. The van der Waals surface area contributed by atoms with Gasteiger partial charge in [-0.2, -0.15) is 0 Å². The van der Waals surface area contributed by atoms with Crippen LogP contribution in [0.5, 0.6) is 0 Å². The van der Waals surface area contributed by atoms with E-state index in [1.54, 1.807) is 36.4 Å². The van der Waals surface area contributed by atoms with Gasteiger partial charge in [0, 0.05) is 16.9 Å². The van der Waals surface area contributed by atoms with E-state index >= 15 is 0 Å². The summed E-state index contributed by atoms with van der Waals surface area (Å²) in [5, 5.41) is 15.0. The van der Waals surface area contributed by atoms with Crippen molar-refractivity contribution in [1.29, 1.82) is 0 Å². The quantitative estimate of drug-likeness (QED) is 0.504. The zero-order valence-corrected chi connectivity index (χ0v) is 17.4. The summed E-state index contributed by atoms with van der Waals surface area (Å²) in [7, 11) is 0. The summed E-state index contributed by atoms with van der Waals surface area (Å²) in [5.41, 5.74) is 3.69. The number of hydrogen-bond acceptors (Lipinski definition) is 3. The fraction of sp³-hybridized carbons (Fsp3) is 0.160. The number of amides is 2. The van der Waals surface area contributed by atoms with Crippen molar-refractivity contribution in [3.05, 3.63) is 94.5 Å². The Morgan fingerprint density at radius 1 is 0.742 bits per heavy atom. The number of carboxylic acid groups (broad SMARTS) is 1. The minimum atomic E-state index is -1.18. The maximum absolute atomic E-state index is 12.9. The van der Waals surface area contributed by atoms with Gasteiger partial charge >= 0.3 is 5.97 Å². The average molecular weight is 416 g/mol. The van der Waals surface area contributed by atoms with Gasteiger partial charge < -0.3 is 15.7 Å². The second-order valence-corrected chi connectivity index (χ2v) is 7.00. The number of aryl methyl sites for hydroxylation is 2. The molecule has 0 saturated carbocycles. The number of carbonyl (C=O) groups excluding carboxylic acids is 2. The number of aromatic carboxylic acids is 1. The predicted octanol–water partition coefficient (Wildman–Crippen LogP) is 5.01. The number of hydrogen-bond donors (Lipinski definition) is 3. The summed E-state index contributed by atoms with van der Waals surface area (Å²) in [5.74, 6) is -2.02. The second kappa shape index (κ2) is 9.71. The SMILES string of the molecule is CCc1cccc(CC)c1NC(=O)c1cccc(NC(=O)c2ccccc2C(=O)O)c1. The van der Waals surface area contributed by atoms with Crippen LogP contribution in [0.1, 0.15) is 56.0 Å². The fourth-order valence-corrected chi connectivity index (χ4v) is 3.39. The lowest BCUT2D eigenvalue weighted by Crippen LogP contribution is -2.18. The molecule has 158 valence electrons.